The summed E-state index contributed by atoms with van der Waals surface area (Å²) in [4.78, 5) is 24.7. The molecule has 0 fully saturated rings. The molecule has 3 rings (SSSR count). The minimum atomic E-state index is -3.91. The van der Waals surface area contributed by atoms with Crippen molar-refractivity contribution in [3.63, 3.8) is 0 Å². The molecule has 9 heteroatoms. The van der Waals surface area contributed by atoms with Crippen molar-refractivity contribution < 1.29 is 26.9 Å². The molecular formula is C17H16ClNO6S. The van der Waals surface area contributed by atoms with E-state index in [9.17, 15) is 18.0 Å². The van der Waals surface area contributed by atoms with Gasteiger partial charge in [0.05, 0.1) is 35.5 Å². The van der Waals surface area contributed by atoms with E-state index in [1.54, 1.807) is 4.57 Å². The molecule has 0 aliphatic carbocycles. The van der Waals surface area contributed by atoms with Crippen LogP contribution < -0.4 is 0 Å². The topological polar surface area (TPSA) is 91.7 Å². The lowest BCUT2D eigenvalue weighted by atomic mass is 10.1. The molecule has 0 bridgehead atoms. The molecule has 7 nitrogen and oxygen atoms in total. The normalized spacial score (nSPS) is 16.3. The Morgan fingerprint density at radius 3 is 2.62 bits per heavy atom. The summed E-state index contributed by atoms with van der Waals surface area (Å²) in [6.45, 7) is 0.443. The molecule has 1 aromatic heterocycles. The zero-order chi connectivity index (χ0) is 19.1. The molecule has 138 valence electrons. The summed E-state index contributed by atoms with van der Waals surface area (Å²) in [6.07, 6.45) is 0.487. The summed E-state index contributed by atoms with van der Waals surface area (Å²) in [5, 5.41) is 0.307. The van der Waals surface area contributed by atoms with Crippen molar-refractivity contribution in [1.29, 1.82) is 0 Å². The number of benzene rings is 1. The van der Waals surface area contributed by atoms with E-state index in [0.717, 1.165) is 7.11 Å². The molecule has 1 atom stereocenters. The summed E-state index contributed by atoms with van der Waals surface area (Å²) in [5.41, 5.74) is 1.02. The number of carbonyl (C=O) groups is 2. The predicted octanol–water partition coefficient (Wildman–Crippen LogP) is 2.37. The quantitative estimate of drug-likeness (QED) is 0.437. The number of hydrogen-bond donors (Lipinski definition) is 0. The molecule has 0 N–H and O–H groups in total. The number of methoxy groups -OCH3 is 1. The fraction of sp³-hybridized carbons (Fsp3) is 0.294. The van der Waals surface area contributed by atoms with Gasteiger partial charge in [-0.05, 0) is 24.6 Å². The Morgan fingerprint density at radius 1 is 1.23 bits per heavy atom. The van der Waals surface area contributed by atoms with E-state index < -0.39 is 27.8 Å². The number of esters is 1. The molecule has 1 aromatic carbocycles. The molecule has 1 unspecified atom stereocenters. The molecular weight excluding hydrogens is 382 g/mol. The van der Waals surface area contributed by atoms with Crippen molar-refractivity contribution in [2.75, 3.05) is 14.2 Å². The van der Waals surface area contributed by atoms with Gasteiger partial charge in [-0.2, -0.15) is 8.42 Å². The first kappa shape index (κ1) is 18.6. The van der Waals surface area contributed by atoms with Crippen LogP contribution in [-0.4, -0.2) is 39.0 Å². The zero-order valence-electron chi connectivity index (χ0n) is 14.1. The average molecular weight is 398 g/mol. The third-order valence-electron chi connectivity index (χ3n) is 4.38. The first-order valence-corrected chi connectivity index (χ1v) is 9.51. The highest BCUT2D eigenvalue weighted by atomic mass is 35.5. The second-order valence-corrected chi connectivity index (χ2v) is 7.88. The third-order valence-corrected chi connectivity index (χ3v) is 5.96. The molecule has 0 spiro atoms. The van der Waals surface area contributed by atoms with Gasteiger partial charge in [0.25, 0.3) is 10.1 Å². The van der Waals surface area contributed by atoms with Crippen LogP contribution in [-0.2, 0) is 30.4 Å². The fourth-order valence-electron chi connectivity index (χ4n) is 3.12. The van der Waals surface area contributed by atoms with Crippen LogP contribution in [0.1, 0.15) is 34.1 Å². The Morgan fingerprint density at radius 2 is 1.96 bits per heavy atom. The van der Waals surface area contributed by atoms with E-state index >= 15 is 0 Å². The van der Waals surface area contributed by atoms with Crippen molar-refractivity contribution in [3.05, 3.63) is 52.3 Å². The van der Waals surface area contributed by atoms with Gasteiger partial charge in [0, 0.05) is 12.1 Å². The van der Waals surface area contributed by atoms with Crippen molar-refractivity contribution in [2.24, 2.45) is 0 Å². The first-order valence-electron chi connectivity index (χ1n) is 7.72. The van der Waals surface area contributed by atoms with Crippen LogP contribution in [0.3, 0.4) is 0 Å². The second kappa shape index (κ2) is 6.86. The number of ether oxygens (including phenoxy) is 1. The molecule has 2 aromatic rings. The predicted molar refractivity (Wildman–Crippen MR) is 92.9 cm³/mol. The molecule has 1 aliphatic heterocycles. The summed E-state index contributed by atoms with van der Waals surface area (Å²) in [5.74, 6) is -1.32. The summed E-state index contributed by atoms with van der Waals surface area (Å²) in [7, 11) is -1.56. The SMILES string of the molecule is COC(=O)C1CCn2c(C(=O)c3cccc(S(=O)(=O)OC)c3)cc(Cl)c21. The van der Waals surface area contributed by atoms with Crippen LogP contribution in [0.15, 0.2) is 35.2 Å². The van der Waals surface area contributed by atoms with Gasteiger partial charge in [0.1, 0.15) is 5.92 Å². The number of fused-ring (bicyclic) bond motifs is 1. The Labute approximate surface area is 155 Å². The summed E-state index contributed by atoms with van der Waals surface area (Å²) < 4.78 is 34.6. The Balaban J connectivity index is 2.02. The van der Waals surface area contributed by atoms with Crippen LogP contribution in [0.2, 0.25) is 5.02 Å². The number of nitrogens with zero attached hydrogens (tertiary/aromatic N) is 1. The summed E-state index contributed by atoms with van der Waals surface area (Å²) in [6, 6.07) is 7.06. The van der Waals surface area contributed by atoms with E-state index in [4.69, 9.17) is 16.3 Å². The van der Waals surface area contributed by atoms with Gasteiger partial charge < -0.3 is 9.30 Å². The number of halogens is 1. The van der Waals surface area contributed by atoms with Crippen molar-refractivity contribution >= 4 is 33.5 Å². The Bertz CT molecular complexity index is 995. The van der Waals surface area contributed by atoms with Gasteiger partial charge in [-0.3, -0.25) is 13.8 Å². The fourth-order valence-corrected chi connectivity index (χ4v) is 4.16. The lowest BCUT2D eigenvalue weighted by molar-refractivity contribution is -0.142. The van der Waals surface area contributed by atoms with E-state index in [1.807, 2.05) is 0 Å². The van der Waals surface area contributed by atoms with Crippen LogP contribution in [0.4, 0.5) is 0 Å². The molecule has 26 heavy (non-hydrogen) atoms. The number of hydrogen-bond acceptors (Lipinski definition) is 6. The van der Waals surface area contributed by atoms with Gasteiger partial charge in [0.15, 0.2) is 0 Å². The number of aromatic nitrogens is 1. The van der Waals surface area contributed by atoms with Gasteiger partial charge in [-0.1, -0.05) is 23.7 Å². The van der Waals surface area contributed by atoms with Gasteiger partial charge in [-0.25, -0.2) is 0 Å². The minimum Gasteiger partial charge on any atom is -0.469 e. The van der Waals surface area contributed by atoms with E-state index in [2.05, 4.69) is 4.18 Å². The maximum absolute atomic E-state index is 12.9. The zero-order valence-corrected chi connectivity index (χ0v) is 15.6. The van der Waals surface area contributed by atoms with Crippen molar-refractivity contribution in [3.8, 4) is 0 Å². The maximum Gasteiger partial charge on any atom is 0.314 e. The van der Waals surface area contributed by atoms with E-state index in [0.29, 0.717) is 29.4 Å². The Hall–Kier alpha value is -2.16. The Kier molecular flexibility index (Phi) is 4.92. The molecule has 0 saturated heterocycles. The van der Waals surface area contributed by atoms with Crippen LogP contribution in [0.25, 0.3) is 0 Å². The monoisotopic (exact) mass is 397 g/mol. The minimum absolute atomic E-state index is 0.113. The maximum atomic E-state index is 12.9. The van der Waals surface area contributed by atoms with E-state index in [-0.39, 0.29) is 10.5 Å². The van der Waals surface area contributed by atoms with Crippen LogP contribution in [0.5, 0.6) is 0 Å². The third kappa shape index (κ3) is 3.04. The van der Waals surface area contributed by atoms with Crippen LogP contribution in [0, 0.1) is 0 Å². The van der Waals surface area contributed by atoms with Crippen molar-refractivity contribution in [1.82, 2.24) is 4.57 Å². The number of carbonyl (C=O) groups excluding carboxylic acids is 2. The largest absolute Gasteiger partial charge is 0.469 e. The lowest BCUT2D eigenvalue weighted by Gasteiger charge is -2.08. The van der Waals surface area contributed by atoms with E-state index in [1.165, 1.54) is 37.4 Å². The number of ketones is 1. The van der Waals surface area contributed by atoms with Crippen molar-refractivity contribution in [2.45, 2.75) is 23.8 Å². The molecule has 0 saturated carbocycles. The smallest absolute Gasteiger partial charge is 0.314 e. The molecule has 0 amide bonds. The van der Waals surface area contributed by atoms with Gasteiger partial charge >= 0.3 is 5.97 Å². The summed E-state index contributed by atoms with van der Waals surface area (Å²) >= 11 is 6.25. The molecule has 0 radical (unpaired) electrons. The molecule has 2 heterocycles. The second-order valence-electron chi connectivity index (χ2n) is 5.76. The highest BCUT2D eigenvalue weighted by Gasteiger charge is 2.35. The molecule has 1 aliphatic rings. The standard InChI is InChI=1S/C17H16ClNO6S/c1-24-17(21)12-6-7-19-14(9-13(18)15(12)19)16(20)10-4-3-5-11(8-10)26(22,23)25-2/h3-5,8-9,12H,6-7H2,1-2H3. The van der Waals surface area contributed by atoms with Gasteiger partial charge in [0.2, 0.25) is 5.78 Å². The van der Waals surface area contributed by atoms with Crippen LogP contribution >= 0.6 is 11.6 Å². The number of rotatable bonds is 5. The lowest BCUT2D eigenvalue weighted by Crippen LogP contribution is -2.12. The van der Waals surface area contributed by atoms with Gasteiger partial charge in [-0.15, -0.1) is 0 Å². The highest BCUT2D eigenvalue weighted by molar-refractivity contribution is 7.86. The first-order chi connectivity index (χ1) is 12.3. The average Bonchev–Trinajstić information content (AvgIpc) is 3.22. The highest BCUT2D eigenvalue weighted by Crippen LogP contribution is 2.38.